The molecule has 2 N–H and O–H groups in total. The number of aromatic nitrogens is 4. The fraction of sp³-hybridized carbons (Fsp3) is 0.588. The average molecular weight is 295 g/mol. The molecule has 0 aliphatic heterocycles. The van der Waals surface area contributed by atoms with E-state index in [-0.39, 0.29) is 5.54 Å². The first-order chi connectivity index (χ1) is 10.7. The number of benzene rings is 1. The van der Waals surface area contributed by atoms with Crippen molar-refractivity contribution in [2.75, 3.05) is 5.73 Å². The minimum absolute atomic E-state index is 0.147. The summed E-state index contributed by atoms with van der Waals surface area (Å²) in [5.74, 6) is 3.38. The number of nitrogen functional groups attached to an aromatic ring is 1. The summed E-state index contributed by atoms with van der Waals surface area (Å²) in [6.07, 6.45) is 8.03. The van der Waals surface area contributed by atoms with Crippen LogP contribution in [0.4, 0.5) is 5.69 Å². The standard InChI is InChI=1S/C17H21N5/c18-15-3-1-14(2-4-15)16-19-21-22(20-16)17-8-11-5-12(9-17)7-13(6-11)10-17/h1-4,11-13H,5-10,18H2. The van der Waals surface area contributed by atoms with Crippen molar-refractivity contribution in [3.05, 3.63) is 24.3 Å². The number of hydrogen-bond donors (Lipinski definition) is 1. The highest BCUT2D eigenvalue weighted by atomic mass is 15.6. The molecule has 6 rings (SSSR count). The number of rotatable bonds is 2. The van der Waals surface area contributed by atoms with Crippen LogP contribution in [0.2, 0.25) is 0 Å². The van der Waals surface area contributed by atoms with Crippen molar-refractivity contribution in [1.82, 2.24) is 20.2 Å². The smallest absolute Gasteiger partial charge is 0.204 e. The van der Waals surface area contributed by atoms with Crippen LogP contribution in [0, 0.1) is 17.8 Å². The Kier molecular flexibility index (Phi) is 2.47. The first-order valence-corrected chi connectivity index (χ1v) is 8.37. The molecule has 0 atom stereocenters. The fourth-order valence-corrected chi connectivity index (χ4v) is 5.47. The Balaban J connectivity index is 1.50. The van der Waals surface area contributed by atoms with Gasteiger partial charge in [-0.1, -0.05) is 0 Å². The van der Waals surface area contributed by atoms with Crippen molar-refractivity contribution in [3.63, 3.8) is 0 Å². The Morgan fingerprint density at radius 1 is 0.955 bits per heavy atom. The molecule has 1 heterocycles. The maximum absolute atomic E-state index is 5.75. The molecule has 114 valence electrons. The second kappa shape index (κ2) is 4.31. The zero-order valence-electron chi connectivity index (χ0n) is 12.7. The van der Waals surface area contributed by atoms with E-state index in [9.17, 15) is 0 Å². The predicted octanol–water partition coefficient (Wildman–Crippen LogP) is 2.85. The van der Waals surface area contributed by atoms with Gasteiger partial charge in [0.2, 0.25) is 5.82 Å². The lowest BCUT2D eigenvalue weighted by Gasteiger charge is -2.55. The van der Waals surface area contributed by atoms with E-state index in [1.54, 1.807) is 0 Å². The maximum atomic E-state index is 5.75. The molecule has 0 amide bonds. The van der Waals surface area contributed by atoms with Crippen LogP contribution in [0.5, 0.6) is 0 Å². The van der Waals surface area contributed by atoms with E-state index in [1.165, 1.54) is 38.5 Å². The van der Waals surface area contributed by atoms with E-state index in [2.05, 4.69) is 10.3 Å². The van der Waals surface area contributed by atoms with Gasteiger partial charge in [-0.15, -0.1) is 10.2 Å². The Labute approximate surface area is 129 Å². The van der Waals surface area contributed by atoms with E-state index in [4.69, 9.17) is 10.8 Å². The highest BCUT2D eigenvalue weighted by Gasteiger charge is 2.53. The molecule has 1 aromatic heterocycles. The summed E-state index contributed by atoms with van der Waals surface area (Å²) in [7, 11) is 0. The van der Waals surface area contributed by atoms with Gasteiger partial charge in [0.25, 0.3) is 0 Å². The highest BCUT2D eigenvalue weighted by Crippen LogP contribution is 2.58. The normalized spacial score (nSPS) is 35.9. The SMILES string of the molecule is Nc1ccc(-c2nnn(C34CC5CC(CC(C5)C3)C4)n2)cc1. The summed E-state index contributed by atoms with van der Waals surface area (Å²) >= 11 is 0. The minimum Gasteiger partial charge on any atom is -0.399 e. The molecule has 4 aliphatic carbocycles. The molecule has 0 unspecified atom stereocenters. The van der Waals surface area contributed by atoms with Gasteiger partial charge >= 0.3 is 0 Å². The van der Waals surface area contributed by atoms with Crippen molar-refractivity contribution in [2.24, 2.45) is 17.8 Å². The largest absolute Gasteiger partial charge is 0.399 e. The third-order valence-electron chi connectivity index (χ3n) is 6.01. The van der Waals surface area contributed by atoms with Crippen molar-refractivity contribution >= 4 is 5.69 Å². The lowest BCUT2D eigenvalue weighted by molar-refractivity contribution is -0.0573. The lowest BCUT2D eigenvalue weighted by Crippen LogP contribution is -2.52. The molecule has 4 fully saturated rings. The quantitative estimate of drug-likeness (QED) is 0.865. The molecule has 1 aromatic carbocycles. The molecular weight excluding hydrogens is 274 g/mol. The van der Waals surface area contributed by atoms with Gasteiger partial charge in [-0.3, -0.25) is 0 Å². The summed E-state index contributed by atoms with van der Waals surface area (Å²) in [6.45, 7) is 0. The fourth-order valence-electron chi connectivity index (χ4n) is 5.47. The molecule has 2 aromatic rings. The zero-order chi connectivity index (χ0) is 14.7. The second-order valence-electron chi connectivity index (χ2n) is 7.67. The Morgan fingerprint density at radius 2 is 1.55 bits per heavy atom. The molecule has 5 heteroatoms. The van der Waals surface area contributed by atoms with Gasteiger partial charge in [0, 0.05) is 11.3 Å². The summed E-state index contributed by atoms with van der Waals surface area (Å²) in [5, 5.41) is 13.5. The zero-order valence-corrected chi connectivity index (χ0v) is 12.7. The second-order valence-corrected chi connectivity index (χ2v) is 7.67. The summed E-state index contributed by atoms with van der Waals surface area (Å²) in [6, 6.07) is 7.72. The number of tetrazole rings is 1. The summed E-state index contributed by atoms with van der Waals surface area (Å²) in [4.78, 5) is 1.96. The van der Waals surface area contributed by atoms with Crippen LogP contribution in [-0.4, -0.2) is 20.2 Å². The van der Waals surface area contributed by atoms with Gasteiger partial charge in [-0.05, 0) is 85.8 Å². The van der Waals surface area contributed by atoms with Crippen molar-refractivity contribution in [3.8, 4) is 11.4 Å². The molecule has 4 saturated carbocycles. The Hall–Kier alpha value is -1.91. The summed E-state index contributed by atoms with van der Waals surface area (Å²) in [5.41, 5.74) is 7.65. The molecule has 22 heavy (non-hydrogen) atoms. The van der Waals surface area contributed by atoms with Gasteiger partial charge in [0.1, 0.15) is 0 Å². The number of hydrogen-bond acceptors (Lipinski definition) is 4. The number of nitrogens with zero attached hydrogens (tertiary/aromatic N) is 4. The molecule has 0 spiro atoms. The molecule has 0 radical (unpaired) electrons. The van der Waals surface area contributed by atoms with Crippen molar-refractivity contribution in [2.45, 2.75) is 44.1 Å². The van der Waals surface area contributed by atoms with E-state index in [0.717, 1.165) is 34.8 Å². The van der Waals surface area contributed by atoms with E-state index in [0.29, 0.717) is 0 Å². The van der Waals surface area contributed by atoms with Crippen molar-refractivity contribution < 1.29 is 0 Å². The van der Waals surface area contributed by atoms with Gasteiger partial charge in [0.05, 0.1) is 5.54 Å². The van der Waals surface area contributed by atoms with Crippen LogP contribution in [0.15, 0.2) is 24.3 Å². The lowest BCUT2D eigenvalue weighted by atomic mass is 9.53. The molecule has 5 nitrogen and oxygen atoms in total. The molecule has 0 saturated heterocycles. The Morgan fingerprint density at radius 3 is 2.14 bits per heavy atom. The van der Waals surface area contributed by atoms with Gasteiger partial charge in [0.15, 0.2) is 0 Å². The first kappa shape index (κ1) is 12.6. The average Bonchev–Trinajstić information content (AvgIpc) is 2.97. The minimum atomic E-state index is 0.147. The van der Waals surface area contributed by atoms with Crippen LogP contribution in [0.1, 0.15) is 38.5 Å². The molecule has 4 bridgehead atoms. The van der Waals surface area contributed by atoms with Gasteiger partial charge in [-0.25, -0.2) is 0 Å². The van der Waals surface area contributed by atoms with Crippen LogP contribution >= 0.6 is 0 Å². The highest BCUT2D eigenvalue weighted by molar-refractivity contribution is 5.57. The third kappa shape index (κ3) is 1.81. The molecule has 4 aliphatic rings. The van der Waals surface area contributed by atoms with Crippen LogP contribution < -0.4 is 5.73 Å². The van der Waals surface area contributed by atoms with E-state index in [1.807, 2.05) is 29.1 Å². The number of nitrogens with two attached hydrogens (primary N) is 1. The Bertz CT molecular complexity index is 667. The number of anilines is 1. The van der Waals surface area contributed by atoms with Gasteiger partial charge < -0.3 is 5.73 Å². The van der Waals surface area contributed by atoms with E-state index < -0.39 is 0 Å². The maximum Gasteiger partial charge on any atom is 0.204 e. The van der Waals surface area contributed by atoms with Crippen LogP contribution in [0.25, 0.3) is 11.4 Å². The monoisotopic (exact) mass is 295 g/mol. The van der Waals surface area contributed by atoms with Crippen molar-refractivity contribution in [1.29, 1.82) is 0 Å². The van der Waals surface area contributed by atoms with Gasteiger partial charge in [-0.2, -0.15) is 4.80 Å². The topological polar surface area (TPSA) is 69.6 Å². The summed E-state index contributed by atoms with van der Waals surface area (Å²) < 4.78 is 0. The third-order valence-corrected chi connectivity index (χ3v) is 6.01. The molecular formula is C17H21N5. The van der Waals surface area contributed by atoms with Crippen LogP contribution in [-0.2, 0) is 5.54 Å². The van der Waals surface area contributed by atoms with Crippen LogP contribution in [0.3, 0.4) is 0 Å². The first-order valence-electron chi connectivity index (χ1n) is 8.37. The van der Waals surface area contributed by atoms with E-state index >= 15 is 0 Å². The predicted molar refractivity (Wildman–Crippen MR) is 83.8 cm³/mol.